The van der Waals surface area contributed by atoms with Gasteiger partial charge in [-0.3, -0.25) is 4.79 Å². The molecule has 124 valence electrons. The molecule has 5 nitrogen and oxygen atoms in total. The molecule has 1 rings (SSSR count). The van der Waals surface area contributed by atoms with E-state index in [1.807, 2.05) is 0 Å². The van der Waals surface area contributed by atoms with Crippen LogP contribution in [0.4, 0.5) is 13.2 Å². The molecule has 1 saturated carbocycles. The Labute approximate surface area is 122 Å². The lowest BCUT2D eigenvalue weighted by Crippen LogP contribution is -2.47. The Morgan fingerprint density at radius 3 is 2.05 bits per heavy atom. The second kappa shape index (κ2) is 6.51. The van der Waals surface area contributed by atoms with E-state index in [4.69, 9.17) is 5.11 Å². The smallest absolute Gasteiger partial charge is 0.391 e. The average Bonchev–Trinajstić information content (AvgIpc) is 2.34. The van der Waals surface area contributed by atoms with E-state index in [0.29, 0.717) is 0 Å². The average molecular weight is 331 g/mol. The molecule has 0 amide bonds. The Morgan fingerprint density at radius 1 is 1.24 bits per heavy atom. The number of halogens is 3. The minimum absolute atomic E-state index is 0.0879. The molecule has 21 heavy (non-hydrogen) atoms. The van der Waals surface area contributed by atoms with Gasteiger partial charge in [0, 0.05) is 6.04 Å². The summed E-state index contributed by atoms with van der Waals surface area (Å²) in [7, 11) is -3.90. The highest BCUT2D eigenvalue weighted by Gasteiger charge is 2.45. The molecule has 9 heteroatoms. The number of rotatable bonds is 5. The highest BCUT2D eigenvalue weighted by Crippen LogP contribution is 2.39. The van der Waals surface area contributed by atoms with Crippen molar-refractivity contribution in [3.8, 4) is 0 Å². The zero-order valence-corrected chi connectivity index (χ0v) is 12.7. The number of carboxylic acids is 1. The van der Waals surface area contributed by atoms with E-state index in [1.54, 1.807) is 13.8 Å². The second-order valence-electron chi connectivity index (χ2n) is 5.59. The van der Waals surface area contributed by atoms with Gasteiger partial charge in [-0.15, -0.1) is 0 Å². The second-order valence-corrected chi connectivity index (χ2v) is 7.76. The van der Waals surface area contributed by atoms with Gasteiger partial charge in [0.2, 0.25) is 10.0 Å². The first-order chi connectivity index (χ1) is 9.46. The fraction of sp³-hybridized carbons (Fsp3) is 0.917. The van der Waals surface area contributed by atoms with Crippen molar-refractivity contribution in [2.45, 2.75) is 57.0 Å². The molecule has 0 unspecified atom stereocenters. The summed E-state index contributed by atoms with van der Waals surface area (Å²) in [5.74, 6) is -2.74. The van der Waals surface area contributed by atoms with Gasteiger partial charge in [0.15, 0.2) is 0 Å². The lowest BCUT2D eigenvalue weighted by Gasteiger charge is -2.34. The van der Waals surface area contributed by atoms with E-state index >= 15 is 0 Å². The summed E-state index contributed by atoms with van der Waals surface area (Å²) in [6.45, 7) is 2.42. The number of carbonyl (C=O) groups is 1. The molecule has 1 aliphatic carbocycles. The quantitative estimate of drug-likeness (QED) is 0.838. The number of aliphatic carboxylic acids is 1. The summed E-state index contributed by atoms with van der Waals surface area (Å²) in [6.07, 6.45) is -4.93. The maximum absolute atomic E-state index is 12.6. The molecule has 0 aliphatic heterocycles. The first-order valence-corrected chi connectivity index (χ1v) is 8.25. The molecule has 0 bridgehead atoms. The van der Waals surface area contributed by atoms with Gasteiger partial charge in [0.1, 0.15) is 6.54 Å². The van der Waals surface area contributed by atoms with Crippen LogP contribution in [-0.4, -0.2) is 47.8 Å². The third-order valence-electron chi connectivity index (χ3n) is 3.75. The minimum Gasteiger partial charge on any atom is -0.480 e. The van der Waals surface area contributed by atoms with Crippen LogP contribution >= 0.6 is 0 Å². The molecule has 0 aromatic rings. The summed E-state index contributed by atoms with van der Waals surface area (Å²) in [6, 6.07) is -0.550. The van der Waals surface area contributed by atoms with Crippen molar-refractivity contribution >= 4 is 16.0 Å². The lowest BCUT2D eigenvalue weighted by atomic mass is 9.88. The van der Waals surface area contributed by atoms with Crippen LogP contribution in [0.3, 0.4) is 0 Å². The maximum Gasteiger partial charge on any atom is 0.391 e. The molecule has 0 atom stereocenters. The van der Waals surface area contributed by atoms with Crippen LogP contribution in [0.5, 0.6) is 0 Å². The standard InChI is InChI=1S/C12H20F3NO4S/c1-8(2)16(7-11(17)18)21(19,20)10-5-3-9(4-6-10)12(13,14)15/h8-10H,3-7H2,1-2H3,(H,17,18). The highest BCUT2D eigenvalue weighted by molar-refractivity contribution is 7.89. The summed E-state index contributed by atoms with van der Waals surface area (Å²) in [4.78, 5) is 10.8. The maximum atomic E-state index is 12.6. The van der Waals surface area contributed by atoms with E-state index in [1.165, 1.54) is 0 Å². The summed E-state index contributed by atoms with van der Waals surface area (Å²) >= 11 is 0. The molecule has 0 spiro atoms. The van der Waals surface area contributed by atoms with Crippen molar-refractivity contribution in [2.24, 2.45) is 5.92 Å². The summed E-state index contributed by atoms with van der Waals surface area (Å²) in [5.41, 5.74) is 0. The fourth-order valence-corrected chi connectivity index (χ4v) is 4.71. The van der Waals surface area contributed by atoms with Crippen molar-refractivity contribution in [3.63, 3.8) is 0 Å². The van der Waals surface area contributed by atoms with Crippen LogP contribution in [0.1, 0.15) is 39.5 Å². The monoisotopic (exact) mass is 331 g/mol. The van der Waals surface area contributed by atoms with E-state index < -0.39 is 45.9 Å². The van der Waals surface area contributed by atoms with Gasteiger partial charge in [-0.1, -0.05) is 0 Å². The predicted molar refractivity (Wildman–Crippen MR) is 70.2 cm³/mol. The van der Waals surface area contributed by atoms with Crippen molar-refractivity contribution in [1.29, 1.82) is 0 Å². The molecule has 0 aromatic heterocycles. The van der Waals surface area contributed by atoms with Crippen LogP contribution in [0, 0.1) is 5.92 Å². The number of hydrogen-bond acceptors (Lipinski definition) is 3. The SMILES string of the molecule is CC(C)N(CC(=O)O)S(=O)(=O)C1CCC(C(F)(F)F)CC1. The largest absolute Gasteiger partial charge is 0.480 e. The topological polar surface area (TPSA) is 74.7 Å². The minimum atomic E-state index is -4.30. The van der Waals surface area contributed by atoms with Crippen LogP contribution in [0.2, 0.25) is 0 Å². The first kappa shape index (κ1) is 18.2. The van der Waals surface area contributed by atoms with Crippen LogP contribution in [0.15, 0.2) is 0 Å². The molecule has 0 heterocycles. The molecular weight excluding hydrogens is 311 g/mol. The molecule has 1 N–H and O–H groups in total. The Hall–Kier alpha value is -0.830. The lowest BCUT2D eigenvalue weighted by molar-refractivity contribution is -0.181. The zero-order chi connectivity index (χ0) is 16.4. The van der Waals surface area contributed by atoms with E-state index in [2.05, 4.69) is 0 Å². The van der Waals surface area contributed by atoms with Crippen LogP contribution < -0.4 is 0 Å². The van der Waals surface area contributed by atoms with Crippen molar-refractivity contribution in [1.82, 2.24) is 4.31 Å². The molecule has 1 fully saturated rings. The van der Waals surface area contributed by atoms with Crippen LogP contribution in [-0.2, 0) is 14.8 Å². The summed E-state index contributed by atoms with van der Waals surface area (Å²) < 4.78 is 63.4. The van der Waals surface area contributed by atoms with Gasteiger partial charge >= 0.3 is 12.1 Å². The Kier molecular flexibility index (Phi) is 5.65. The number of hydrogen-bond donors (Lipinski definition) is 1. The van der Waals surface area contributed by atoms with Gasteiger partial charge in [-0.2, -0.15) is 17.5 Å². The van der Waals surface area contributed by atoms with E-state index in [0.717, 1.165) is 4.31 Å². The molecule has 1 aliphatic rings. The Bertz CT molecular complexity index is 467. The van der Waals surface area contributed by atoms with Crippen molar-refractivity contribution in [2.75, 3.05) is 6.54 Å². The van der Waals surface area contributed by atoms with E-state index in [-0.39, 0.29) is 25.7 Å². The van der Waals surface area contributed by atoms with Gasteiger partial charge in [-0.25, -0.2) is 8.42 Å². The fourth-order valence-electron chi connectivity index (χ4n) is 2.58. The zero-order valence-electron chi connectivity index (χ0n) is 11.9. The number of carboxylic acid groups (broad SMARTS) is 1. The molecule has 0 radical (unpaired) electrons. The van der Waals surface area contributed by atoms with Crippen molar-refractivity contribution < 1.29 is 31.5 Å². The van der Waals surface area contributed by atoms with Gasteiger partial charge in [0.25, 0.3) is 0 Å². The molecule has 0 saturated heterocycles. The van der Waals surface area contributed by atoms with Crippen molar-refractivity contribution in [3.05, 3.63) is 0 Å². The molecular formula is C12H20F3NO4S. The summed E-state index contributed by atoms with van der Waals surface area (Å²) in [5, 5.41) is 7.86. The van der Waals surface area contributed by atoms with Gasteiger partial charge in [0.05, 0.1) is 11.2 Å². The number of alkyl halides is 3. The predicted octanol–water partition coefficient (Wildman–Crippen LogP) is 2.23. The Morgan fingerprint density at radius 2 is 1.71 bits per heavy atom. The third kappa shape index (κ3) is 4.57. The van der Waals surface area contributed by atoms with Gasteiger partial charge in [-0.05, 0) is 39.5 Å². The Balaban J connectivity index is 2.82. The first-order valence-electron chi connectivity index (χ1n) is 6.75. The molecule has 0 aromatic carbocycles. The third-order valence-corrected chi connectivity index (χ3v) is 6.27. The normalized spacial score (nSPS) is 24.5. The van der Waals surface area contributed by atoms with E-state index in [9.17, 15) is 26.4 Å². The van der Waals surface area contributed by atoms with Crippen LogP contribution in [0.25, 0.3) is 0 Å². The van der Waals surface area contributed by atoms with Gasteiger partial charge < -0.3 is 5.11 Å². The number of nitrogens with zero attached hydrogens (tertiary/aromatic N) is 1. The number of sulfonamides is 1. The highest BCUT2D eigenvalue weighted by atomic mass is 32.2.